The lowest BCUT2D eigenvalue weighted by Gasteiger charge is -2.28. The maximum atomic E-state index is 2.48. The fraction of sp³-hybridized carbons (Fsp3) is 0.0219. The zero-order chi connectivity index (χ0) is 93.6. The van der Waals surface area contributed by atoms with E-state index in [1.165, 1.54) is 209 Å². The van der Waals surface area contributed by atoms with Crippen molar-refractivity contribution >= 4 is 132 Å². The highest BCUT2D eigenvalue weighted by Crippen LogP contribution is 2.55. The Hall–Kier alpha value is -18.2. The molecule has 141 heavy (non-hydrogen) atoms. The van der Waals surface area contributed by atoms with E-state index in [0.717, 1.165) is 45.5 Å². The summed E-state index contributed by atoms with van der Waals surface area (Å²) in [6, 6.07) is 196. The molecule has 1 aliphatic rings. The van der Waals surface area contributed by atoms with Crippen LogP contribution in [-0.2, 0) is 5.41 Å². The molecule has 0 amide bonds. The van der Waals surface area contributed by atoms with Crippen molar-refractivity contribution in [2.45, 2.75) is 19.3 Å². The van der Waals surface area contributed by atoms with E-state index in [0.29, 0.717) is 0 Å². The van der Waals surface area contributed by atoms with Gasteiger partial charge in [0, 0.05) is 72.2 Å². The SMILES string of the molecule is CC1(C)c2cc(-c3c4ccccc4c(-c4ccccc4)c4ccccc34)ccc2-c2ccc(N(c3ccccc3)c3ccc(-n4c5ccc(-c6ccccc6)cc5c5cc(-c6ccccc6)ccc54)cc3)cc21.c1ccc(-c2ccc3c(c2)c2cc(-c4ccccc4)ccc2n3-c2ccc(N(c3ccccc3)c3cccc4c(-c5c6ccccc6c(-c6ccccc6)c6ccccc56)cccc34)cc2)cc1. The molecular formula is C137H94N4. The van der Waals surface area contributed by atoms with Crippen LogP contribution in [0.1, 0.15) is 25.0 Å². The number of hydrogen-bond acceptors (Lipinski definition) is 2. The number of benzene rings is 24. The van der Waals surface area contributed by atoms with Gasteiger partial charge in [-0.15, -0.1) is 0 Å². The quantitative estimate of drug-likeness (QED) is 0.0897. The molecule has 26 aromatic rings. The van der Waals surface area contributed by atoms with Gasteiger partial charge in [-0.3, -0.25) is 0 Å². The summed E-state index contributed by atoms with van der Waals surface area (Å²) in [5.41, 5.74) is 38.3. The van der Waals surface area contributed by atoms with Gasteiger partial charge in [0.2, 0.25) is 0 Å². The maximum absolute atomic E-state index is 2.48. The monoisotopic (exact) mass is 1790 g/mol. The van der Waals surface area contributed by atoms with Gasteiger partial charge in [0.25, 0.3) is 0 Å². The van der Waals surface area contributed by atoms with Crippen molar-refractivity contribution in [1.82, 2.24) is 9.13 Å². The first-order valence-corrected chi connectivity index (χ1v) is 48.8. The second-order valence-electron chi connectivity index (χ2n) is 37.6. The Labute approximate surface area is 820 Å². The Kier molecular flexibility index (Phi) is 20.6. The van der Waals surface area contributed by atoms with Crippen LogP contribution in [-0.4, -0.2) is 9.13 Å². The summed E-state index contributed by atoms with van der Waals surface area (Å²) in [7, 11) is 0. The van der Waals surface area contributed by atoms with Crippen LogP contribution in [0.25, 0.3) is 209 Å². The van der Waals surface area contributed by atoms with E-state index >= 15 is 0 Å². The van der Waals surface area contributed by atoms with Crippen LogP contribution in [0.2, 0.25) is 0 Å². The van der Waals surface area contributed by atoms with Crippen molar-refractivity contribution in [2.75, 3.05) is 9.80 Å². The smallest absolute Gasteiger partial charge is 0.0541 e. The lowest BCUT2D eigenvalue weighted by Crippen LogP contribution is -2.16. The standard InChI is InChI=1S/C71H50N2.C66H44N2/c1-71(2)65-45-52(70-61-29-17-15-27-59(61)69(49-23-11-5-12-24-49)60-28-16-18-30-62(60)70)31-39-57(65)58-40-38-56(46-66(58)71)72(53-25-13-6-14-26-53)54-34-36-55(37-35-54)73-67-41-32-50(47-19-7-3-8-20-47)43-63(67)64-44-51(33-42-68(64)73)48-21-9-4-10-22-48;1-5-19-45(20-6-1)48-35-41-63-60(43-48)61-44-49(46-21-7-2-8-22-46)36-42-64(61)68(63)52-39-37-51(38-40-52)67(50-25-11-4-12-26-50)62-34-18-31-53-54(62)32-17-33-55(53)66-58-29-15-13-27-56(58)65(47-23-9-3-10-24-47)57-28-14-16-30-59(57)66/h3-46H,1-2H3;1-44H. The highest BCUT2D eigenvalue weighted by atomic mass is 15.2. The molecule has 0 atom stereocenters. The third-order valence-electron chi connectivity index (χ3n) is 29.3. The maximum Gasteiger partial charge on any atom is 0.0541 e. The first-order chi connectivity index (χ1) is 69.7. The number of fused-ring (bicyclic) bond motifs is 14. The molecule has 2 heterocycles. The Morgan fingerprint density at radius 3 is 0.801 bits per heavy atom. The molecule has 1 aliphatic carbocycles. The fourth-order valence-corrected chi connectivity index (χ4v) is 22.8. The van der Waals surface area contributed by atoms with Gasteiger partial charge >= 0.3 is 0 Å². The molecule has 27 rings (SSSR count). The second-order valence-corrected chi connectivity index (χ2v) is 37.6. The Morgan fingerprint density at radius 1 is 0.156 bits per heavy atom. The molecule has 0 fully saturated rings. The number of nitrogens with zero attached hydrogens (tertiary/aromatic N) is 4. The van der Waals surface area contributed by atoms with Gasteiger partial charge in [-0.2, -0.15) is 0 Å². The topological polar surface area (TPSA) is 16.3 Å². The number of aromatic nitrogens is 2. The van der Waals surface area contributed by atoms with Gasteiger partial charge in [0.15, 0.2) is 0 Å². The second kappa shape index (κ2) is 34.8. The summed E-state index contributed by atoms with van der Waals surface area (Å²) in [4.78, 5) is 4.82. The predicted molar refractivity (Wildman–Crippen MR) is 600 cm³/mol. The van der Waals surface area contributed by atoms with E-state index in [1.807, 2.05) is 0 Å². The number of rotatable bonds is 16. The summed E-state index contributed by atoms with van der Waals surface area (Å²) >= 11 is 0. The van der Waals surface area contributed by atoms with Crippen LogP contribution >= 0.6 is 0 Å². The molecule has 0 saturated carbocycles. The van der Waals surface area contributed by atoms with Crippen molar-refractivity contribution in [3.63, 3.8) is 0 Å². The molecule has 0 N–H and O–H groups in total. The molecule has 0 aliphatic heterocycles. The highest BCUT2D eigenvalue weighted by Gasteiger charge is 2.37. The lowest BCUT2D eigenvalue weighted by molar-refractivity contribution is 0.660. The minimum absolute atomic E-state index is 0.254. The first kappa shape index (κ1) is 83.4. The van der Waals surface area contributed by atoms with E-state index in [2.05, 4.69) is 567 Å². The van der Waals surface area contributed by atoms with E-state index in [4.69, 9.17) is 0 Å². The molecular weight excluding hydrogens is 1700 g/mol. The molecule has 0 saturated heterocycles. The van der Waals surface area contributed by atoms with Crippen LogP contribution < -0.4 is 9.80 Å². The van der Waals surface area contributed by atoms with Gasteiger partial charge < -0.3 is 18.9 Å². The average molecular weight is 1800 g/mol. The summed E-state index contributed by atoms with van der Waals surface area (Å²) in [6.45, 7) is 4.80. The molecule has 0 unspecified atom stereocenters. The van der Waals surface area contributed by atoms with Crippen LogP contribution in [0, 0.1) is 0 Å². The summed E-state index contributed by atoms with van der Waals surface area (Å²) in [5, 5.41) is 17.4. The Bertz CT molecular complexity index is 9010. The molecule has 24 aromatic carbocycles. The van der Waals surface area contributed by atoms with Crippen molar-refractivity contribution in [1.29, 1.82) is 0 Å². The van der Waals surface area contributed by atoms with Crippen LogP contribution in [0.5, 0.6) is 0 Å². The fourth-order valence-electron chi connectivity index (χ4n) is 22.8. The van der Waals surface area contributed by atoms with Gasteiger partial charge in [0.05, 0.1) is 27.8 Å². The minimum atomic E-state index is -0.254. The van der Waals surface area contributed by atoms with Crippen molar-refractivity contribution in [2.24, 2.45) is 0 Å². The predicted octanol–water partition coefficient (Wildman–Crippen LogP) is 37.9. The van der Waals surface area contributed by atoms with Gasteiger partial charge in [-0.05, 0) is 305 Å². The summed E-state index contributed by atoms with van der Waals surface area (Å²) in [6.07, 6.45) is 0. The molecule has 662 valence electrons. The molecule has 4 heteroatoms. The van der Waals surface area contributed by atoms with Gasteiger partial charge in [-0.1, -0.05) is 402 Å². The third-order valence-corrected chi connectivity index (χ3v) is 29.3. The Balaban J connectivity index is 0.000000145. The largest absolute Gasteiger partial charge is 0.310 e. The molecule has 0 radical (unpaired) electrons. The molecule has 4 nitrogen and oxygen atoms in total. The van der Waals surface area contributed by atoms with Crippen molar-refractivity contribution in [3.8, 4) is 112 Å². The highest BCUT2D eigenvalue weighted by molar-refractivity contribution is 6.26. The number of anilines is 6. The van der Waals surface area contributed by atoms with Crippen molar-refractivity contribution in [3.05, 3.63) is 545 Å². The average Bonchev–Trinajstić information content (AvgIpc) is 1.29. The van der Waals surface area contributed by atoms with E-state index < -0.39 is 0 Å². The van der Waals surface area contributed by atoms with Crippen molar-refractivity contribution < 1.29 is 0 Å². The van der Waals surface area contributed by atoms with E-state index in [9.17, 15) is 0 Å². The van der Waals surface area contributed by atoms with Crippen LogP contribution in [0.15, 0.2) is 534 Å². The summed E-state index contributed by atoms with van der Waals surface area (Å²) < 4.78 is 4.85. The third kappa shape index (κ3) is 14.4. The van der Waals surface area contributed by atoms with E-state index in [1.54, 1.807) is 0 Å². The summed E-state index contributed by atoms with van der Waals surface area (Å²) in [5.74, 6) is 0. The molecule has 0 bridgehead atoms. The van der Waals surface area contributed by atoms with E-state index in [-0.39, 0.29) is 5.41 Å². The number of hydrogen-bond donors (Lipinski definition) is 0. The zero-order valence-electron chi connectivity index (χ0n) is 78.1. The molecule has 2 aromatic heterocycles. The molecule has 0 spiro atoms. The first-order valence-electron chi connectivity index (χ1n) is 48.8. The minimum Gasteiger partial charge on any atom is -0.310 e. The zero-order valence-corrected chi connectivity index (χ0v) is 78.1. The Morgan fingerprint density at radius 2 is 0.426 bits per heavy atom. The number of para-hydroxylation sites is 2. The van der Waals surface area contributed by atoms with Gasteiger partial charge in [-0.25, -0.2) is 0 Å². The van der Waals surface area contributed by atoms with Crippen LogP contribution in [0.4, 0.5) is 34.1 Å². The van der Waals surface area contributed by atoms with Crippen LogP contribution in [0.3, 0.4) is 0 Å². The lowest BCUT2D eigenvalue weighted by atomic mass is 9.80. The van der Waals surface area contributed by atoms with Gasteiger partial charge in [0.1, 0.15) is 0 Å². The normalized spacial score (nSPS) is 12.1.